The second-order valence-corrected chi connectivity index (χ2v) is 6.20. The lowest BCUT2D eigenvalue weighted by molar-refractivity contribution is -0.136. The second-order valence-electron chi connectivity index (χ2n) is 4.02. The minimum Gasteiger partial charge on any atom is -0.497 e. The normalized spacial score (nSPS) is 10.8. The van der Waals surface area contributed by atoms with Crippen molar-refractivity contribution in [1.82, 2.24) is 0 Å². The summed E-state index contributed by atoms with van der Waals surface area (Å²) >= 11 is 0. The van der Waals surface area contributed by atoms with Crippen LogP contribution in [-0.2, 0) is 19.4 Å². The largest absolute Gasteiger partial charge is 0.497 e. The Balaban J connectivity index is 2.60. The zero-order valence-corrected chi connectivity index (χ0v) is 11.6. The maximum absolute atomic E-state index is 11.6. The third kappa shape index (κ3) is 5.70. The molecule has 0 unspecified atom stereocenters. The van der Waals surface area contributed by atoms with E-state index in [0.29, 0.717) is 11.4 Å². The Morgan fingerprint density at radius 1 is 1.35 bits per heavy atom. The number of sulfone groups is 1. The molecule has 1 rings (SSSR count). The standard InChI is InChI=1S/C12H15NO6S/c1-19-10-4-2-3-9(7-10)13-11(14)8-20(17,18)6-5-12(15)16/h2-4,7H,5-6,8H2,1H3,(H,13,14)(H,15,16). The summed E-state index contributed by atoms with van der Waals surface area (Å²) < 4.78 is 28.0. The van der Waals surface area contributed by atoms with Crippen LogP contribution in [0.2, 0.25) is 0 Å². The molecule has 1 amide bonds. The molecule has 0 spiro atoms. The van der Waals surface area contributed by atoms with E-state index in [4.69, 9.17) is 9.84 Å². The molecule has 7 nitrogen and oxygen atoms in total. The maximum atomic E-state index is 11.6. The molecule has 0 bridgehead atoms. The summed E-state index contributed by atoms with van der Waals surface area (Å²) in [7, 11) is -2.27. The first-order valence-corrected chi connectivity index (χ1v) is 7.50. The Bertz CT molecular complexity index is 596. The number of ether oxygens (including phenoxy) is 1. The molecule has 0 atom stereocenters. The molecule has 0 aliphatic carbocycles. The summed E-state index contributed by atoms with van der Waals surface area (Å²) in [6.45, 7) is 0. The number of carboxylic acids is 1. The van der Waals surface area contributed by atoms with Crippen LogP contribution < -0.4 is 10.1 Å². The molecule has 0 radical (unpaired) electrons. The first kappa shape index (κ1) is 16.0. The van der Waals surface area contributed by atoms with Gasteiger partial charge in [0.05, 0.1) is 19.3 Å². The van der Waals surface area contributed by atoms with Crippen molar-refractivity contribution in [2.24, 2.45) is 0 Å². The molecular formula is C12H15NO6S. The van der Waals surface area contributed by atoms with Gasteiger partial charge < -0.3 is 15.2 Å². The lowest BCUT2D eigenvalue weighted by atomic mass is 10.3. The number of carbonyl (C=O) groups is 2. The minimum atomic E-state index is -3.74. The summed E-state index contributed by atoms with van der Waals surface area (Å²) in [4.78, 5) is 21.9. The average Bonchev–Trinajstić information content (AvgIpc) is 2.36. The van der Waals surface area contributed by atoms with Gasteiger partial charge >= 0.3 is 5.97 Å². The number of benzene rings is 1. The van der Waals surface area contributed by atoms with Crippen molar-refractivity contribution >= 4 is 27.4 Å². The Kier molecular flexibility index (Phi) is 5.51. The minimum absolute atomic E-state index is 0.405. The van der Waals surface area contributed by atoms with E-state index in [9.17, 15) is 18.0 Å². The van der Waals surface area contributed by atoms with Crippen LogP contribution in [0.3, 0.4) is 0 Å². The van der Waals surface area contributed by atoms with Crippen LogP contribution in [0.1, 0.15) is 6.42 Å². The summed E-state index contributed by atoms with van der Waals surface area (Å²) in [6, 6.07) is 6.46. The summed E-state index contributed by atoms with van der Waals surface area (Å²) in [5.74, 6) is -2.73. The van der Waals surface area contributed by atoms with Crippen LogP contribution in [0.15, 0.2) is 24.3 Å². The lowest BCUT2D eigenvalue weighted by Gasteiger charge is -2.07. The van der Waals surface area contributed by atoms with E-state index in [-0.39, 0.29) is 0 Å². The zero-order chi connectivity index (χ0) is 15.2. The molecule has 0 fully saturated rings. The number of hydrogen-bond acceptors (Lipinski definition) is 5. The van der Waals surface area contributed by atoms with Crippen LogP contribution in [0, 0.1) is 0 Å². The van der Waals surface area contributed by atoms with Crippen LogP contribution in [0.25, 0.3) is 0 Å². The van der Waals surface area contributed by atoms with Gasteiger partial charge in [0, 0.05) is 11.8 Å². The van der Waals surface area contributed by atoms with Gasteiger partial charge in [-0.05, 0) is 12.1 Å². The molecule has 20 heavy (non-hydrogen) atoms. The number of hydrogen-bond donors (Lipinski definition) is 2. The topological polar surface area (TPSA) is 110 Å². The van der Waals surface area contributed by atoms with E-state index >= 15 is 0 Å². The Hall–Kier alpha value is -2.09. The van der Waals surface area contributed by atoms with Crippen molar-refractivity contribution in [1.29, 1.82) is 0 Å². The number of amides is 1. The van der Waals surface area contributed by atoms with Gasteiger partial charge in [0.15, 0.2) is 9.84 Å². The molecule has 0 aliphatic heterocycles. The van der Waals surface area contributed by atoms with Crippen molar-refractivity contribution in [3.63, 3.8) is 0 Å². The lowest BCUT2D eigenvalue weighted by Crippen LogP contribution is -2.25. The van der Waals surface area contributed by atoms with E-state index < -0.39 is 39.6 Å². The van der Waals surface area contributed by atoms with Gasteiger partial charge in [-0.25, -0.2) is 8.42 Å². The van der Waals surface area contributed by atoms with Crippen molar-refractivity contribution in [3.8, 4) is 5.75 Å². The van der Waals surface area contributed by atoms with E-state index in [0.717, 1.165) is 0 Å². The van der Waals surface area contributed by atoms with Gasteiger partial charge in [0.2, 0.25) is 5.91 Å². The number of aliphatic carboxylic acids is 1. The monoisotopic (exact) mass is 301 g/mol. The van der Waals surface area contributed by atoms with Crippen molar-refractivity contribution < 1.29 is 27.9 Å². The number of methoxy groups -OCH3 is 1. The molecule has 0 aliphatic rings. The zero-order valence-electron chi connectivity index (χ0n) is 10.8. The first-order chi connectivity index (χ1) is 9.32. The van der Waals surface area contributed by atoms with E-state index in [2.05, 4.69) is 5.32 Å². The summed E-state index contributed by atoms with van der Waals surface area (Å²) in [5, 5.41) is 10.8. The molecule has 0 heterocycles. The maximum Gasteiger partial charge on any atom is 0.304 e. The van der Waals surface area contributed by atoms with Crippen LogP contribution in [-0.4, -0.2) is 44.0 Å². The Morgan fingerprint density at radius 2 is 2.05 bits per heavy atom. The average molecular weight is 301 g/mol. The number of carboxylic acid groups (broad SMARTS) is 1. The number of carbonyl (C=O) groups excluding carboxylic acids is 1. The highest BCUT2D eigenvalue weighted by atomic mass is 32.2. The third-order valence-corrected chi connectivity index (χ3v) is 3.86. The molecule has 1 aromatic rings. The van der Waals surface area contributed by atoms with Crippen molar-refractivity contribution in [2.75, 3.05) is 23.9 Å². The van der Waals surface area contributed by atoms with E-state index in [1.54, 1.807) is 24.3 Å². The number of anilines is 1. The highest BCUT2D eigenvalue weighted by Crippen LogP contribution is 2.16. The molecule has 0 aromatic heterocycles. The van der Waals surface area contributed by atoms with Crippen LogP contribution in [0.5, 0.6) is 5.75 Å². The van der Waals surface area contributed by atoms with Crippen molar-refractivity contribution in [3.05, 3.63) is 24.3 Å². The van der Waals surface area contributed by atoms with Gasteiger partial charge in [-0.3, -0.25) is 9.59 Å². The number of nitrogens with one attached hydrogen (secondary N) is 1. The molecule has 1 aromatic carbocycles. The van der Waals surface area contributed by atoms with Gasteiger partial charge in [0.1, 0.15) is 11.5 Å². The van der Waals surface area contributed by atoms with Crippen LogP contribution in [0.4, 0.5) is 5.69 Å². The quantitative estimate of drug-likeness (QED) is 0.760. The van der Waals surface area contributed by atoms with Crippen LogP contribution >= 0.6 is 0 Å². The molecule has 2 N–H and O–H groups in total. The Labute approximate surface area is 116 Å². The molecular weight excluding hydrogens is 286 g/mol. The predicted molar refractivity (Wildman–Crippen MR) is 72.5 cm³/mol. The van der Waals surface area contributed by atoms with Gasteiger partial charge in [-0.15, -0.1) is 0 Å². The molecule has 0 saturated carbocycles. The predicted octanol–water partition coefficient (Wildman–Crippen LogP) is 0.523. The molecule has 110 valence electrons. The summed E-state index contributed by atoms with van der Waals surface area (Å²) in [6.07, 6.45) is -0.519. The van der Waals surface area contributed by atoms with E-state index in [1.807, 2.05) is 0 Å². The van der Waals surface area contributed by atoms with Gasteiger partial charge in [0.25, 0.3) is 0 Å². The highest BCUT2D eigenvalue weighted by Gasteiger charge is 2.18. The highest BCUT2D eigenvalue weighted by molar-refractivity contribution is 7.92. The Morgan fingerprint density at radius 3 is 2.65 bits per heavy atom. The molecule has 0 saturated heterocycles. The fourth-order valence-electron chi connectivity index (χ4n) is 1.41. The second kappa shape index (κ2) is 6.90. The molecule has 8 heteroatoms. The first-order valence-electron chi connectivity index (χ1n) is 5.68. The summed E-state index contributed by atoms with van der Waals surface area (Å²) in [5.41, 5.74) is 0.405. The third-order valence-electron chi connectivity index (χ3n) is 2.33. The smallest absolute Gasteiger partial charge is 0.304 e. The van der Waals surface area contributed by atoms with Gasteiger partial charge in [-0.1, -0.05) is 6.07 Å². The number of rotatable bonds is 7. The van der Waals surface area contributed by atoms with E-state index in [1.165, 1.54) is 7.11 Å². The SMILES string of the molecule is COc1cccc(NC(=O)CS(=O)(=O)CCC(=O)O)c1. The van der Waals surface area contributed by atoms with Gasteiger partial charge in [-0.2, -0.15) is 0 Å². The fourth-order valence-corrected chi connectivity index (χ4v) is 2.51. The fraction of sp³-hybridized carbons (Fsp3) is 0.333. The van der Waals surface area contributed by atoms with Crippen molar-refractivity contribution in [2.45, 2.75) is 6.42 Å².